The minimum atomic E-state index is -4.41. The third kappa shape index (κ3) is 9.55. The number of pyridine rings is 1. The van der Waals surface area contributed by atoms with Gasteiger partial charge in [-0.05, 0) is 108 Å². The summed E-state index contributed by atoms with van der Waals surface area (Å²) in [5.74, 6) is -0.829. The lowest BCUT2D eigenvalue weighted by Gasteiger charge is -2.38. The first-order chi connectivity index (χ1) is 26.4. The van der Waals surface area contributed by atoms with Crippen LogP contribution in [0.4, 0.5) is 13.2 Å². The SMILES string of the molecule is CCC(CN(CCc1ccccc1OCc1ccc(-c2ccc(C(F)(F)F)cc2)cc1Cl)C1CCCc2nc(C(=O)[O-])ccc21)c1ccc(C(=O)OC)cc1. The fraction of sp³-hybridized carbons (Fsp3) is 0.295. The molecule has 1 aliphatic carbocycles. The third-order valence-corrected chi connectivity index (χ3v) is 10.6. The number of carbonyl (C=O) groups is 2. The standard InChI is InChI=1S/C44H42ClF3N2O5/c1-3-28(29-11-13-32(14-12-29)43(53)54-2)26-50(40-9-6-8-38-36(40)21-22-39(49-38)42(51)52)24-23-31-7-4-5-10-41(31)55-27-34-16-15-33(25-37(34)45)30-17-19-35(20-18-30)44(46,47)48/h4-5,7,10-22,25,28,40H,3,6,8-9,23-24,26-27H2,1-2H3,(H,51,52)/p-1. The van der Waals surface area contributed by atoms with Crippen LogP contribution in [0.25, 0.3) is 11.1 Å². The summed E-state index contributed by atoms with van der Waals surface area (Å²) in [7, 11) is 1.36. The zero-order valence-corrected chi connectivity index (χ0v) is 31.3. The number of para-hydroxylation sites is 1. The van der Waals surface area contributed by atoms with Crippen molar-refractivity contribution < 1.29 is 37.3 Å². The summed E-state index contributed by atoms with van der Waals surface area (Å²) in [5, 5.41) is 12.1. The molecule has 1 heterocycles. The average molecular weight is 770 g/mol. The lowest BCUT2D eigenvalue weighted by atomic mass is 9.87. The molecule has 7 nitrogen and oxygen atoms in total. The van der Waals surface area contributed by atoms with Gasteiger partial charge in [-0.15, -0.1) is 0 Å². The van der Waals surface area contributed by atoms with Gasteiger partial charge >= 0.3 is 12.1 Å². The maximum absolute atomic E-state index is 13.1. The number of benzene rings is 4. The van der Waals surface area contributed by atoms with Crippen molar-refractivity contribution in [3.63, 3.8) is 0 Å². The molecule has 0 radical (unpaired) electrons. The van der Waals surface area contributed by atoms with E-state index in [2.05, 4.69) is 16.8 Å². The van der Waals surface area contributed by atoms with Gasteiger partial charge in [0.1, 0.15) is 12.4 Å². The number of aromatic carboxylic acids is 1. The van der Waals surface area contributed by atoms with E-state index >= 15 is 0 Å². The Morgan fingerprint density at radius 1 is 0.945 bits per heavy atom. The van der Waals surface area contributed by atoms with Gasteiger partial charge in [0.05, 0.1) is 29.9 Å². The molecule has 6 rings (SSSR count). The van der Waals surface area contributed by atoms with Gasteiger partial charge in [-0.3, -0.25) is 9.88 Å². The summed E-state index contributed by atoms with van der Waals surface area (Å²) in [6, 6.07) is 29.1. The number of carboxylic acids is 1. The van der Waals surface area contributed by atoms with Crippen molar-refractivity contribution in [2.45, 2.75) is 63.8 Å². The summed E-state index contributed by atoms with van der Waals surface area (Å²) in [6.07, 6.45) is -0.456. The van der Waals surface area contributed by atoms with E-state index in [1.165, 1.54) is 25.3 Å². The Balaban J connectivity index is 1.21. The minimum Gasteiger partial charge on any atom is -0.543 e. The summed E-state index contributed by atoms with van der Waals surface area (Å²) in [6.45, 7) is 3.72. The van der Waals surface area contributed by atoms with Gasteiger partial charge in [0, 0.05) is 35.4 Å². The highest BCUT2D eigenvalue weighted by atomic mass is 35.5. The van der Waals surface area contributed by atoms with Crippen molar-refractivity contribution in [1.29, 1.82) is 0 Å². The van der Waals surface area contributed by atoms with Crippen LogP contribution in [0.5, 0.6) is 5.75 Å². The molecule has 11 heteroatoms. The van der Waals surface area contributed by atoms with Crippen LogP contribution in [0.15, 0.2) is 103 Å². The molecule has 2 atom stereocenters. The van der Waals surface area contributed by atoms with E-state index in [9.17, 15) is 27.9 Å². The number of rotatable bonds is 14. The zero-order valence-electron chi connectivity index (χ0n) is 30.6. The molecule has 0 bridgehead atoms. The van der Waals surface area contributed by atoms with Gasteiger partial charge in [0.15, 0.2) is 0 Å². The van der Waals surface area contributed by atoms with Gasteiger partial charge in [0.25, 0.3) is 0 Å². The Bertz CT molecular complexity index is 2120. The van der Waals surface area contributed by atoms with Crippen LogP contribution in [0.2, 0.25) is 5.02 Å². The molecule has 0 amide bonds. The summed E-state index contributed by atoms with van der Waals surface area (Å²) < 4.78 is 50.4. The Morgan fingerprint density at radius 3 is 2.35 bits per heavy atom. The van der Waals surface area contributed by atoms with Crippen LogP contribution in [-0.2, 0) is 30.4 Å². The van der Waals surface area contributed by atoms with Crippen molar-refractivity contribution in [2.75, 3.05) is 20.2 Å². The van der Waals surface area contributed by atoms with E-state index in [1.807, 2.05) is 54.6 Å². The number of hydrogen-bond acceptors (Lipinski definition) is 7. The molecule has 0 N–H and O–H groups in total. The van der Waals surface area contributed by atoms with Crippen LogP contribution in [-0.4, -0.2) is 42.0 Å². The Hall–Kier alpha value is -5.19. The highest BCUT2D eigenvalue weighted by Gasteiger charge is 2.31. The highest BCUT2D eigenvalue weighted by molar-refractivity contribution is 6.31. The van der Waals surface area contributed by atoms with E-state index in [0.717, 1.165) is 59.3 Å². The second-order valence-electron chi connectivity index (χ2n) is 13.7. The van der Waals surface area contributed by atoms with Crippen LogP contribution in [0, 0.1) is 0 Å². The largest absolute Gasteiger partial charge is 0.543 e. The normalized spacial score (nSPS) is 14.6. The first kappa shape index (κ1) is 39.5. The van der Waals surface area contributed by atoms with Crippen molar-refractivity contribution in [3.05, 3.63) is 153 Å². The molecule has 55 heavy (non-hydrogen) atoms. The number of carboxylic acid groups (broad SMARTS) is 1. The molecule has 0 spiro atoms. The van der Waals surface area contributed by atoms with Crippen molar-refractivity contribution in [1.82, 2.24) is 9.88 Å². The summed E-state index contributed by atoms with van der Waals surface area (Å²) in [5.41, 5.74) is 5.67. The predicted molar refractivity (Wildman–Crippen MR) is 203 cm³/mol. The topological polar surface area (TPSA) is 91.8 Å². The molecule has 1 aromatic heterocycles. The number of aryl methyl sites for hydroxylation is 1. The molecule has 0 saturated heterocycles. The summed E-state index contributed by atoms with van der Waals surface area (Å²) >= 11 is 6.66. The number of halogens is 4. The molecule has 0 aliphatic heterocycles. The summed E-state index contributed by atoms with van der Waals surface area (Å²) in [4.78, 5) is 30.6. The number of aromatic nitrogens is 1. The molecule has 2 unspecified atom stereocenters. The molecule has 0 fully saturated rings. The lowest BCUT2D eigenvalue weighted by molar-refractivity contribution is -0.255. The molecule has 5 aromatic rings. The predicted octanol–water partition coefficient (Wildman–Crippen LogP) is 9.27. The third-order valence-electron chi connectivity index (χ3n) is 10.3. The zero-order chi connectivity index (χ0) is 39.1. The van der Waals surface area contributed by atoms with Crippen LogP contribution in [0.3, 0.4) is 0 Å². The molecule has 0 saturated carbocycles. The van der Waals surface area contributed by atoms with Crippen LogP contribution >= 0.6 is 11.6 Å². The molecule has 286 valence electrons. The first-order valence-electron chi connectivity index (χ1n) is 18.3. The van der Waals surface area contributed by atoms with Crippen molar-refractivity contribution in [3.8, 4) is 16.9 Å². The number of ether oxygens (including phenoxy) is 2. The highest BCUT2D eigenvalue weighted by Crippen LogP contribution is 2.37. The van der Waals surface area contributed by atoms with E-state index in [0.29, 0.717) is 53.4 Å². The Labute approximate surface area is 323 Å². The van der Waals surface area contributed by atoms with Gasteiger partial charge in [-0.2, -0.15) is 13.2 Å². The second kappa shape index (κ2) is 17.5. The molecule has 4 aromatic carbocycles. The maximum atomic E-state index is 13.1. The van der Waals surface area contributed by atoms with Gasteiger partial charge in [-0.1, -0.05) is 79.2 Å². The minimum absolute atomic E-state index is 0.00511. The number of carbonyl (C=O) groups excluding carboxylic acids is 2. The van der Waals surface area contributed by atoms with Crippen molar-refractivity contribution in [2.24, 2.45) is 0 Å². The fourth-order valence-electron chi connectivity index (χ4n) is 7.23. The van der Waals surface area contributed by atoms with Gasteiger partial charge in [-0.25, -0.2) is 4.79 Å². The van der Waals surface area contributed by atoms with Gasteiger partial charge in [0.2, 0.25) is 0 Å². The van der Waals surface area contributed by atoms with E-state index in [-0.39, 0.29) is 30.2 Å². The number of hydrogen-bond donors (Lipinski definition) is 0. The number of alkyl halides is 3. The molecular weight excluding hydrogens is 729 g/mol. The number of nitrogens with zero attached hydrogens (tertiary/aromatic N) is 2. The Morgan fingerprint density at radius 2 is 1.67 bits per heavy atom. The molecular formula is C44H41ClF3N2O5-. The monoisotopic (exact) mass is 769 g/mol. The Kier molecular flexibility index (Phi) is 12.6. The smallest absolute Gasteiger partial charge is 0.416 e. The number of methoxy groups -OCH3 is 1. The first-order valence-corrected chi connectivity index (χ1v) is 18.6. The van der Waals surface area contributed by atoms with Crippen molar-refractivity contribution >= 4 is 23.5 Å². The van der Waals surface area contributed by atoms with E-state index in [1.54, 1.807) is 18.2 Å². The van der Waals surface area contributed by atoms with Gasteiger partial charge < -0.3 is 19.4 Å². The lowest BCUT2D eigenvalue weighted by Crippen LogP contribution is -2.37. The number of esters is 1. The van der Waals surface area contributed by atoms with Crippen LogP contribution < -0.4 is 9.84 Å². The quantitative estimate of drug-likeness (QED) is 0.104. The maximum Gasteiger partial charge on any atom is 0.416 e. The average Bonchev–Trinajstić information content (AvgIpc) is 3.20. The number of fused-ring (bicyclic) bond motifs is 1. The second-order valence-corrected chi connectivity index (χ2v) is 14.1. The van der Waals surface area contributed by atoms with Crippen LogP contribution in [0.1, 0.15) is 92.5 Å². The fourth-order valence-corrected chi connectivity index (χ4v) is 7.47. The van der Waals surface area contributed by atoms with E-state index in [4.69, 9.17) is 21.1 Å². The molecule has 1 aliphatic rings. The van der Waals surface area contributed by atoms with E-state index < -0.39 is 17.7 Å².